The number of ether oxygens (including phenoxy) is 2. The van der Waals surface area contributed by atoms with Crippen molar-refractivity contribution in [1.29, 1.82) is 0 Å². The lowest BCUT2D eigenvalue weighted by atomic mass is 9.85. The molecule has 4 atom stereocenters. The average Bonchev–Trinajstić information content (AvgIpc) is 3.26. The molecule has 5 N–H and O–H groups in total. The van der Waals surface area contributed by atoms with E-state index in [-0.39, 0.29) is 59.9 Å². The van der Waals surface area contributed by atoms with E-state index in [0.717, 1.165) is 70.0 Å². The van der Waals surface area contributed by atoms with Gasteiger partial charge in [0.1, 0.15) is 23.5 Å². The van der Waals surface area contributed by atoms with Crippen LogP contribution in [0, 0.1) is 5.92 Å². The summed E-state index contributed by atoms with van der Waals surface area (Å²) < 4.78 is 12.8. The second kappa shape index (κ2) is 17.4. The molecule has 0 unspecified atom stereocenters. The molecule has 0 spiro atoms. The first-order chi connectivity index (χ1) is 25.2. The van der Waals surface area contributed by atoms with E-state index < -0.39 is 6.23 Å². The van der Waals surface area contributed by atoms with Gasteiger partial charge >= 0.3 is 0 Å². The zero-order valence-corrected chi connectivity index (χ0v) is 31.6. The van der Waals surface area contributed by atoms with Gasteiger partial charge < -0.3 is 30.1 Å². The van der Waals surface area contributed by atoms with E-state index in [1.54, 1.807) is 19.2 Å². The van der Waals surface area contributed by atoms with Crippen molar-refractivity contribution in [2.24, 2.45) is 5.92 Å². The van der Waals surface area contributed by atoms with Gasteiger partial charge in [-0.25, -0.2) is 0 Å². The molecule has 1 heterocycles. The number of anilines is 1. The van der Waals surface area contributed by atoms with Crippen LogP contribution in [0.3, 0.4) is 0 Å². The average molecular weight is 745 g/mol. The van der Waals surface area contributed by atoms with Gasteiger partial charge in [0.25, 0.3) is 0 Å². The molecule has 52 heavy (non-hydrogen) atoms. The van der Waals surface area contributed by atoms with Gasteiger partial charge in [0.2, 0.25) is 0 Å². The molecule has 1 aliphatic heterocycles. The first-order valence-electron chi connectivity index (χ1n) is 17.9. The molecule has 0 aromatic heterocycles. The predicted octanol–water partition coefficient (Wildman–Crippen LogP) is 8.24. The summed E-state index contributed by atoms with van der Waals surface area (Å²) in [6, 6.07) is 18.8. The molecule has 276 valence electrons. The monoisotopic (exact) mass is 744 g/mol. The number of ketones is 2. The highest BCUT2D eigenvalue weighted by atomic mass is 33.1. The van der Waals surface area contributed by atoms with Crippen molar-refractivity contribution in [3.8, 4) is 28.4 Å². The number of Topliss-reactive ketones (excluding diaryl/α,β-unsaturated/α-hetero) is 2. The Bertz CT molecular complexity index is 1920. The summed E-state index contributed by atoms with van der Waals surface area (Å²) in [5.74, 6) is 1.74. The van der Waals surface area contributed by atoms with Crippen molar-refractivity contribution in [3.05, 3.63) is 82.9 Å². The minimum atomic E-state index is -0.534. The van der Waals surface area contributed by atoms with E-state index >= 15 is 0 Å². The molecule has 1 aliphatic carbocycles. The van der Waals surface area contributed by atoms with Crippen molar-refractivity contribution >= 4 is 49.6 Å². The minimum absolute atomic E-state index is 0.00286. The maximum atomic E-state index is 14.0. The Morgan fingerprint density at radius 3 is 2.62 bits per heavy atom. The van der Waals surface area contributed by atoms with Crippen LogP contribution in [-0.2, 0) is 27.4 Å². The zero-order chi connectivity index (χ0) is 36.8. The third kappa shape index (κ3) is 8.55. The topological polar surface area (TPSA) is 137 Å². The highest BCUT2D eigenvalue weighted by Crippen LogP contribution is 2.52. The van der Waals surface area contributed by atoms with Gasteiger partial charge in [-0.15, -0.1) is 0 Å². The summed E-state index contributed by atoms with van der Waals surface area (Å²) in [6.07, 6.45) is 3.63. The molecule has 4 aromatic rings. The number of aliphatic hydroxyl groups excluding tert-OH is 1. The maximum absolute atomic E-state index is 14.0. The Hall–Kier alpha value is -3.74. The van der Waals surface area contributed by atoms with Crippen molar-refractivity contribution in [1.82, 2.24) is 5.32 Å². The quantitative estimate of drug-likeness (QED) is 0.0837. The fourth-order valence-electron chi connectivity index (χ4n) is 7.59. The van der Waals surface area contributed by atoms with Crippen LogP contribution < -0.4 is 15.4 Å². The van der Waals surface area contributed by atoms with E-state index in [2.05, 4.69) is 22.8 Å². The van der Waals surface area contributed by atoms with Crippen LogP contribution in [0.2, 0.25) is 0 Å². The molecular weight excluding hydrogens is 697 g/mol. The number of hydrogen-bond acceptors (Lipinski definition) is 11. The number of carbonyl (C=O) groups is 2. The molecule has 4 aromatic carbocycles. The fraction of sp³-hybridized carbons (Fsp3) is 0.415. The van der Waals surface area contributed by atoms with Crippen LogP contribution in [-0.4, -0.2) is 59.4 Å². The molecule has 6 rings (SSSR count). The van der Waals surface area contributed by atoms with E-state index in [9.17, 15) is 24.9 Å². The third-order valence-corrected chi connectivity index (χ3v) is 13.1. The van der Waals surface area contributed by atoms with Crippen LogP contribution >= 0.6 is 21.6 Å². The maximum Gasteiger partial charge on any atom is 0.168 e. The molecule has 2 aliphatic rings. The van der Waals surface area contributed by atoms with Gasteiger partial charge in [-0.1, -0.05) is 51.9 Å². The van der Waals surface area contributed by atoms with E-state index in [1.807, 2.05) is 65.0 Å². The molecule has 0 radical (unpaired) electrons. The number of phenolic OH excluding ortho intramolecular Hbond substituents is 2. The number of aromatic hydroxyl groups is 2. The van der Waals surface area contributed by atoms with Gasteiger partial charge in [0.05, 0.1) is 26.4 Å². The lowest BCUT2D eigenvalue weighted by Gasteiger charge is -2.32. The normalized spacial score (nSPS) is 20.2. The van der Waals surface area contributed by atoms with E-state index in [1.165, 1.54) is 6.92 Å². The molecule has 0 saturated carbocycles. The fourth-order valence-corrected chi connectivity index (χ4v) is 10.4. The Labute approximate surface area is 313 Å². The van der Waals surface area contributed by atoms with Crippen LogP contribution in [0.25, 0.3) is 21.9 Å². The number of rotatable bonds is 9. The summed E-state index contributed by atoms with van der Waals surface area (Å²) in [5.41, 5.74) is 5.88. The SMILES string of the molecule is CN[C@H](O[C@H]1CC(=O)CCc2ccc(O)c(OC)c2-c2ccc3ccc(O)cc3c2[C@H]2CC[C@H]1CCCSS2)c1ccc(NCC(C)=O)c(CO)c1. The van der Waals surface area contributed by atoms with Crippen molar-refractivity contribution in [2.45, 2.75) is 76.1 Å². The molecule has 9 nitrogen and oxygen atoms in total. The smallest absolute Gasteiger partial charge is 0.168 e. The highest BCUT2D eigenvalue weighted by Gasteiger charge is 2.33. The van der Waals surface area contributed by atoms with Crippen molar-refractivity contribution < 1.29 is 34.4 Å². The van der Waals surface area contributed by atoms with E-state index in [0.29, 0.717) is 29.8 Å². The first-order valence-corrected chi connectivity index (χ1v) is 20.3. The molecular formula is C41H48N2O7S2. The summed E-state index contributed by atoms with van der Waals surface area (Å²) >= 11 is 0. The van der Waals surface area contributed by atoms with Gasteiger partial charge in [-0.3, -0.25) is 14.9 Å². The van der Waals surface area contributed by atoms with Crippen LogP contribution in [0.4, 0.5) is 5.69 Å². The number of benzene rings is 4. The molecule has 11 heteroatoms. The van der Waals surface area contributed by atoms with Crippen LogP contribution in [0.5, 0.6) is 17.2 Å². The van der Waals surface area contributed by atoms with Crippen LogP contribution in [0.1, 0.15) is 79.2 Å². The number of aliphatic hydroxyl groups is 1. The summed E-state index contributed by atoms with van der Waals surface area (Å²) in [7, 11) is 7.09. The third-order valence-electron chi connectivity index (χ3n) is 10.2. The van der Waals surface area contributed by atoms with Gasteiger partial charge in [-0.2, -0.15) is 0 Å². The zero-order valence-electron chi connectivity index (χ0n) is 29.9. The Kier molecular flexibility index (Phi) is 12.7. The number of nitrogens with one attached hydrogen (secondary N) is 2. The Morgan fingerprint density at radius 1 is 1.02 bits per heavy atom. The molecule has 1 fully saturated rings. The summed E-state index contributed by atoms with van der Waals surface area (Å²) in [6.45, 7) is 1.48. The molecule has 1 saturated heterocycles. The predicted molar refractivity (Wildman–Crippen MR) is 210 cm³/mol. The van der Waals surface area contributed by atoms with Gasteiger partial charge in [-0.05, 0) is 115 Å². The Balaban J connectivity index is 1.43. The largest absolute Gasteiger partial charge is 0.508 e. The minimum Gasteiger partial charge on any atom is -0.508 e. The number of hydrogen-bond donors (Lipinski definition) is 5. The standard InChI is InChI=1S/C41H48N2O7S2/c1-24(45)22-43-34-15-9-28(19-29(34)23-44)41(42-2)50-36-21-31(47)13-7-27-10-16-35(48)40(49-3)38(27)32-14-8-25-6-12-30(46)20-33(25)39(32)37-17-11-26(36)5-4-18-51-52-37/h6,8-10,12,14-16,19-20,26,36-37,41-44,46,48H,4-5,7,11,13,17-18,21-23H2,1-3H3/t26-,36+,37-,41-/m1/s1. The summed E-state index contributed by atoms with van der Waals surface area (Å²) in [4.78, 5) is 25.6. The summed E-state index contributed by atoms with van der Waals surface area (Å²) in [5, 5.41) is 40.3. The van der Waals surface area contributed by atoms with Crippen molar-refractivity contribution in [3.63, 3.8) is 0 Å². The van der Waals surface area contributed by atoms with Crippen molar-refractivity contribution in [2.75, 3.05) is 31.8 Å². The molecule has 0 amide bonds. The second-order valence-electron chi connectivity index (χ2n) is 13.7. The molecule has 2 bridgehead atoms. The van der Waals surface area contributed by atoms with Crippen LogP contribution in [0.15, 0.2) is 60.7 Å². The second-order valence-corrected chi connectivity index (χ2v) is 16.4. The number of phenols is 2. The number of carbonyl (C=O) groups excluding carboxylic acids is 2. The number of fused-ring (bicyclic) bond motifs is 9. The number of methoxy groups -OCH3 is 1. The Morgan fingerprint density at radius 2 is 1.85 bits per heavy atom. The van der Waals surface area contributed by atoms with Gasteiger partial charge in [0, 0.05) is 40.7 Å². The van der Waals surface area contributed by atoms with E-state index in [4.69, 9.17) is 9.47 Å². The van der Waals surface area contributed by atoms with Gasteiger partial charge in [0.15, 0.2) is 11.5 Å². The lowest BCUT2D eigenvalue weighted by molar-refractivity contribution is -0.126. The lowest BCUT2D eigenvalue weighted by Crippen LogP contribution is -2.33. The number of aryl methyl sites for hydroxylation is 1. The first kappa shape index (κ1) is 38.0. The highest BCUT2D eigenvalue weighted by molar-refractivity contribution is 8.76.